The quantitative estimate of drug-likeness (QED) is 0.792. The third-order valence-electron chi connectivity index (χ3n) is 3.41. The van der Waals surface area contributed by atoms with Gasteiger partial charge in [0.25, 0.3) is 0 Å². The maximum absolute atomic E-state index is 12.2. The van der Waals surface area contributed by atoms with Gasteiger partial charge >= 0.3 is 5.97 Å². The van der Waals surface area contributed by atoms with Crippen LogP contribution in [0.3, 0.4) is 0 Å². The van der Waals surface area contributed by atoms with E-state index >= 15 is 0 Å². The van der Waals surface area contributed by atoms with Crippen LogP contribution in [-0.4, -0.2) is 55.2 Å². The van der Waals surface area contributed by atoms with E-state index in [4.69, 9.17) is 14.2 Å². The molecule has 0 saturated heterocycles. The Hall–Kier alpha value is -2.28. The summed E-state index contributed by atoms with van der Waals surface area (Å²) in [5.74, 6) is 0.734. The summed E-state index contributed by atoms with van der Waals surface area (Å²) in [6, 6.07) is 5.26. The molecule has 1 aromatic rings. The predicted molar refractivity (Wildman–Crippen MR) is 94.0 cm³/mol. The molecular formula is C18H26N2O5. The van der Waals surface area contributed by atoms with Gasteiger partial charge < -0.3 is 19.5 Å². The van der Waals surface area contributed by atoms with Crippen LogP contribution in [0, 0.1) is 0 Å². The molecule has 1 aliphatic rings. The zero-order valence-electron chi connectivity index (χ0n) is 15.3. The first-order chi connectivity index (χ1) is 11.8. The Bertz CT molecular complexity index is 624. The molecule has 138 valence electrons. The van der Waals surface area contributed by atoms with Crippen molar-refractivity contribution in [3.05, 3.63) is 18.2 Å². The number of amides is 1. The van der Waals surface area contributed by atoms with E-state index < -0.39 is 5.60 Å². The van der Waals surface area contributed by atoms with Crippen LogP contribution < -0.4 is 14.8 Å². The number of hydrogen-bond acceptors (Lipinski definition) is 6. The molecule has 0 saturated carbocycles. The summed E-state index contributed by atoms with van der Waals surface area (Å²) in [5, 5.41) is 2.81. The van der Waals surface area contributed by atoms with Crippen molar-refractivity contribution in [2.75, 3.05) is 38.2 Å². The molecule has 0 atom stereocenters. The SMILES string of the molecule is CCN(CC(=O)Nc1ccc2c(c1)OCCO2)CC(=O)OC(C)(C)C. The van der Waals surface area contributed by atoms with Gasteiger partial charge in [-0.05, 0) is 39.4 Å². The predicted octanol–water partition coefficient (Wildman–Crippen LogP) is 2.06. The van der Waals surface area contributed by atoms with E-state index in [0.29, 0.717) is 36.9 Å². The first-order valence-electron chi connectivity index (χ1n) is 8.40. The van der Waals surface area contributed by atoms with E-state index in [1.807, 2.05) is 27.7 Å². The van der Waals surface area contributed by atoms with Crippen molar-refractivity contribution in [1.29, 1.82) is 0 Å². The summed E-state index contributed by atoms with van der Waals surface area (Å²) < 4.78 is 16.2. The van der Waals surface area contributed by atoms with E-state index in [2.05, 4.69) is 5.32 Å². The molecule has 7 heteroatoms. The Morgan fingerprint density at radius 3 is 2.48 bits per heavy atom. The molecule has 1 N–H and O–H groups in total. The number of esters is 1. The number of ether oxygens (including phenoxy) is 3. The molecule has 1 aromatic carbocycles. The van der Waals surface area contributed by atoms with Crippen LogP contribution in [0.2, 0.25) is 0 Å². The van der Waals surface area contributed by atoms with Gasteiger partial charge in [-0.15, -0.1) is 0 Å². The topological polar surface area (TPSA) is 77.1 Å². The lowest BCUT2D eigenvalue weighted by Crippen LogP contribution is -2.39. The molecule has 2 rings (SSSR count). The highest BCUT2D eigenvalue weighted by atomic mass is 16.6. The van der Waals surface area contributed by atoms with Gasteiger partial charge in [-0.3, -0.25) is 14.5 Å². The molecule has 0 unspecified atom stereocenters. The Labute approximate surface area is 148 Å². The minimum Gasteiger partial charge on any atom is -0.486 e. The fourth-order valence-corrected chi connectivity index (χ4v) is 2.36. The Balaban J connectivity index is 1.88. The molecule has 25 heavy (non-hydrogen) atoms. The molecule has 7 nitrogen and oxygen atoms in total. The molecule has 0 bridgehead atoms. The lowest BCUT2D eigenvalue weighted by molar-refractivity contribution is -0.156. The highest BCUT2D eigenvalue weighted by molar-refractivity contribution is 5.92. The second-order valence-electron chi connectivity index (χ2n) is 6.80. The van der Waals surface area contributed by atoms with E-state index in [1.54, 1.807) is 23.1 Å². The third kappa shape index (κ3) is 6.26. The van der Waals surface area contributed by atoms with Crippen LogP contribution in [0.15, 0.2) is 18.2 Å². The number of anilines is 1. The van der Waals surface area contributed by atoms with Gasteiger partial charge in [0, 0.05) is 11.8 Å². The smallest absolute Gasteiger partial charge is 0.320 e. The van der Waals surface area contributed by atoms with Gasteiger partial charge in [-0.1, -0.05) is 6.92 Å². The summed E-state index contributed by atoms with van der Waals surface area (Å²) in [4.78, 5) is 25.9. The first kappa shape index (κ1) is 19.1. The molecule has 0 aliphatic carbocycles. The Morgan fingerprint density at radius 2 is 1.84 bits per heavy atom. The minimum atomic E-state index is -0.538. The molecule has 0 fully saturated rings. The zero-order chi connectivity index (χ0) is 18.4. The lowest BCUT2D eigenvalue weighted by Gasteiger charge is -2.24. The van der Waals surface area contributed by atoms with Gasteiger partial charge in [0.2, 0.25) is 5.91 Å². The molecule has 1 heterocycles. The number of likely N-dealkylation sites (N-methyl/N-ethyl adjacent to an activating group) is 1. The second-order valence-corrected chi connectivity index (χ2v) is 6.80. The van der Waals surface area contributed by atoms with Crippen LogP contribution in [0.5, 0.6) is 11.5 Å². The summed E-state index contributed by atoms with van der Waals surface area (Å²) >= 11 is 0. The van der Waals surface area contributed by atoms with Crippen molar-refractivity contribution in [3.8, 4) is 11.5 Å². The van der Waals surface area contributed by atoms with Crippen LogP contribution in [0.4, 0.5) is 5.69 Å². The number of nitrogens with one attached hydrogen (secondary N) is 1. The fraction of sp³-hybridized carbons (Fsp3) is 0.556. The highest BCUT2D eigenvalue weighted by Gasteiger charge is 2.20. The van der Waals surface area contributed by atoms with Crippen LogP contribution >= 0.6 is 0 Å². The van der Waals surface area contributed by atoms with Gasteiger partial charge in [0.1, 0.15) is 18.8 Å². The highest BCUT2D eigenvalue weighted by Crippen LogP contribution is 2.32. The molecule has 1 aliphatic heterocycles. The molecule has 1 amide bonds. The second kappa shape index (κ2) is 8.20. The Morgan fingerprint density at radius 1 is 1.16 bits per heavy atom. The number of carbonyl (C=O) groups is 2. The maximum atomic E-state index is 12.2. The van der Waals surface area contributed by atoms with Crippen molar-refractivity contribution >= 4 is 17.6 Å². The summed E-state index contributed by atoms with van der Waals surface area (Å²) in [6.45, 7) is 9.09. The van der Waals surface area contributed by atoms with Gasteiger partial charge in [0.15, 0.2) is 11.5 Å². The van der Waals surface area contributed by atoms with E-state index in [1.165, 1.54) is 0 Å². The average molecular weight is 350 g/mol. The molecule has 0 radical (unpaired) electrons. The summed E-state index contributed by atoms with van der Waals surface area (Å²) in [5.41, 5.74) is 0.0896. The lowest BCUT2D eigenvalue weighted by atomic mass is 10.2. The van der Waals surface area contributed by atoms with Crippen molar-refractivity contribution in [1.82, 2.24) is 4.90 Å². The van der Waals surface area contributed by atoms with Crippen molar-refractivity contribution in [2.24, 2.45) is 0 Å². The maximum Gasteiger partial charge on any atom is 0.320 e. The van der Waals surface area contributed by atoms with Crippen LogP contribution in [-0.2, 0) is 14.3 Å². The van der Waals surface area contributed by atoms with Gasteiger partial charge in [-0.25, -0.2) is 0 Å². The number of nitrogens with zero attached hydrogens (tertiary/aromatic N) is 1. The number of carbonyl (C=O) groups excluding carboxylic acids is 2. The van der Waals surface area contributed by atoms with Crippen molar-refractivity contribution in [2.45, 2.75) is 33.3 Å². The number of benzene rings is 1. The number of rotatable bonds is 6. The molecular weight excluding hydrogens is 324 g/mol. The molecule has 0 spiro atoms. The van der Waals surface area contributed by atoms with Crippen LogP contribution in [0.25, 0.3) is 0 Å². The van der Waals surface area contributed by atoms with E-state index in [9.17, 15) is 9.59 Å². The van der Waals surface area contributed by atoms with Gasteiger partial charge in [-0.2, -0.15) is 0 Å². The standard InChI is InChI=1S/C18H26N2O5/c1-5-20(12-17(22)25-18(2,3)4)11-16(21)19-13-6-7-14-15(10-13)24-9-8-23-14/h6-7,10H,5,8-9,11-12H2,1-4H3,(H,19,21). The largest absolute Gasteiger partial charge is 0.486 e. The minimum absolute atomic E-state index is 0.0718. The first-order valence-corrected chi connectivity index (χ1v) is 8.40. The van der Waals surface area contributed by atoms with E-state index in [0.717, 1.165) is 0 Å². The average Bonchev–Trinajstić information content (AvgIpc) is 2.52. The number of hydrogen-bond donors (Lipinski definition) is 1. The molecule has 0 aromatic heterocycles. The van der Waals surface area contributed by atoms with Crippen LogP contribution in [0.1, 0.15) is 27.7 Å². The van der Waals surface area contributed by atoms with Gasteiger partial charge in [0.05, 0.1) is 13.1 Å². The number of fused-ring (bicyclic) bond motifs is 1. The monoisotopic (exact) mass is 350 g/mol. The third-order valence-corrected chi connectivity index (χ3v) is 3.41. The summed E-state index contributed by atoms with van der Waals surface area (Å²) in [6.07, 6.45) is 0. The van der Waals surface area contributed by atoms with E-state index in [-0.39, 0.29) is 25.0 Å². The summed E-state index contributed by atoms with van der Waals surface area (Å²) in [7, 11) is 0. The Kier molecular flexibility index (Phi) is 6.25. The normalized spacial score (nSPS) is 13.5. The van der Waals surface area contributed by atoms with Crippen molar-refractivity contribution < 1.29 is 23.8 Å². The zero-order valence-corrected chi connectivity index (χ0v) is 15.3. The fourth-order valence-electron chi connectivity index (χ4n) is 2.36. The van der Waals surface area contributed by atoms with Crippen molar-refractivity contribution in [3.63, 3.8) is 0 Å².